The molecular weight excluding hydrogens is 412 g/mol. The Labute approximate surface area is 170 Å². The van der Waals surface area contributed by atoms with Gasteiger partial charge < -0.3 is 0 Å². The number of para-hydroxylation sites is 1. The van der Waals surface area contributed by atoms with Gasteiger partial charge in [0, 0.05) is 27.2 Å². The number of benzene rings is 3. The van der Waals surface area contributed by atoms with E-state index in [4.69, 9.17) is 0 Å². The summed E-state index contributed by atoms with van der Waals surface area (Å²) in [4.78, 5) is 4.64. The Balaban J connectivity index is 1.83. The molecule has 28 heavy (non-hydrogen) atoms. The number of aromatic nitrogens is 4. The smallest absolute Gasteiger partial charge is 0.168 e. The van der Waals surface area contributed by atoms with Crippen LogP contribution in [0, 0.1) is 0 Å². The fourth-order valence-electron chi connectivity index (χ4n) is 3.34. The molecule has 0 fully saturated rings. The molecule has 0 aliphatic heterocycles. The highest BCUT2D eigenvalue weighted by Crippen LogP contribution is 2.31. The third-order valence-electron chi connectivity index (χ3n) is 4.65. The Bertz CT molecular complexity index is 1260. The van der Waals surface area contributed by atoms with E-state index in [1.54, 1.807) is 0 Å². The van der Waals surface area contributed by atoms with E-state index in [0.717, 1.165) is 43.8 Å². The first-order valence-corrected chi connectivity index (χ1v) is 9.71. The lowest BCUT2D eigenvalue weighted by atomic mass is 10.1. The maximum atomic E-state index is 4.64. The van der Waals surface area contributed by atoms with Gasteiger partial charge in [0.05, 0.1) is 11.2 Å². The van der Waals surface area contributed by atoms with Gasteiger partial charge in [-0.1, -0.05) is 76.6 Å². The van der Waals surface area contributed by atoms with Gasteiger partial charge in [0.2, 0.25) is 0 Å². The van der Waals surface area contributed by atoms with Crippen LogP contribution in [-0.2, 0) is 0 Å². The van der Waals surface area contributed by atoms with Crippen LogP contribution >= 0.6 is 15.9 Å². The zero-order valence-electron chi connectivity index (χ0n) is 14.8. The molecule has 5 rings (SSSR count). The van der Waals surface area contributed by atoms with Crippen molar-refractivity contribution >= 4 is 26.8 Å². The monoisotopic (exact) mass is 426 g/mol. The summed E-state index contributed by atoms with van der Waals surface area (Å²) in [6.07, 6.45) is 1.82. The van der Waals surface area contributed by atoms with Crippen LogP contribution in [0.2, 0.25) is 0 Å². The minimum Gasteiger partial charge on any atom is -0.273 e. The number of fused-ring (bicyclic) bond motifs is 1. The molecular formula is C23H15BrN4. The van der Waals surface area contributed by atoms with Crippen LogP contribution in [0.15, 0.2) is 95.6 Å². The second-order valence-electron chi connectivity index (χ2n) is 6.41. The zero-order chi connectivity index (χ0) is 18.9. The van der Waals surface area contributed by atoms with E-state index in [1.807, 2.05) is 72.9 Å². The molecule has 0 N–H and O–H groups in total. The van der Waals surface area contributed by atoms with Crippen molar-refractivity contribution < 1.29 is 0 Å². The fourth-order valence-corrected chi connectivity index (χ4v) is 3.61. The molecule has 4 nitrogen and oxygen atoms in total. The topological polar surface area (TPSA) is 43.6 Å². The van der Waals surface area contributed by atoms with Gasteiger partial charge in [0.15, 0.2) is 11.6 Å². The molecule has 0 saturated heterocycles. The molecule has 0 saturated carbocycles. The molecule has 5 aromatic rings. The Morgan fingerprint density at radius 2 is 1.32 bits per heavy atom. The molecule has 0 amide bonds. The van der Waals surface area contributed by atoms with Crippen LogP contribution in [0.5, 0.6) is 0 Å². The lowest BCUT2D eigenvalue weighted by Crippen LogP contribution is -2.02. The molecule has 5 heteroatoms. The van der Waals surface area contributed by atoms with Gasteiger partial charge in [-0.15, -0.1) is 10.2 Å². The van der Waals surface area contributed by atoms with Gasteiger partial charge in [0.1, 0.15) is 0 Å². The Morgan fingerprint density at radius 1 is 0.643 bits per heavy atom. The van der Waals surface area contributed by atoms with Crippen LogP contribution in [0.3, 0.4) is 0 Å². The summed E-state index contributed by atoms with van der Waals surface area (Å²) in [5.41, 5.74) is 3.87. The highest BCUT2D eigenvalue weighted by atomic mass is 79.9. The minimum atomic E-state index is 0.782. The predicted octanol–water partition coefficient (Wildman–Crippen LogP) is 5.91. The molecule has 0 radical (unpaired) electrons. The summed E-state index contributed by atoms with van der Waals surface area (Å²) in [6, 6.07) is 28.4. The molecule has 134 valence electrons. The van der Waals surface area contributed by atoms with Crippen LogP contribution in [0.4, 0.5) is 0 Å². The third kappa shape index (κ3) is 2.90. The van der Waals surface area contributed by atoms with E-state index < -0.39 is 0 Å². The Kier molecular flexibility index (Phi) is 4.22. The molecule has 0 spiro atoms. The SMILES string of the molecule is Brc1ccc(-c2nnc(-c3ccccc3)n2-c2cccc3cccnc23)cc1. The highest BCUT2D eigenvalue weighted by Gasteiger charge is 2.19. The lowest BCUT2D eigenvalue weighted by Gasteiger charge is -2.13. The molecule has 0 unspecified atom stereocenters. The van der Waals surface area contributed by atoms with Crippen LogP contribution in [0.25, 0.3) is 39.4 Å². The average Bonchev–Trinajstić information content (AvgIpc) is 3.19. The number of hydrogen-bond donors (Lipinski definition) is 0. The summed E-state index contributed by atoms with van der Waals surface area (Å²) in [5.74, 6) is 1.57. The average molecular weight is 427 g/mol. The van der Waals surface area contributed by atoms with Crippen molar-refractivity contribution in [3.63, 3.8) is 0 Å². The Morgan fingerprint density at radius 3 is 2.07 bits per heavy atom. The van der Waals surface area contributed by atoms with E-state index >= 15 is 0 Å². The third-order valence-corrected chi connectivity index (χ3v) is 5.18. The minimum absolute atomic E-state index is 0.782. The first-order chi connectivity index (χ1) is 13.8. The lowest BCUT2D eigenvalue weighted by molar-refractivity contribution is 1.08. The van der Waals surface area contributed by atoms with E-state index in [2.05, 4.69) is 53.9 Å². The largest absolute Gasteiger partial charge is 0.273 e. The summed E-state index contributed by atoms with van der Waals surface area (Å²) in [7, 11) is 0. The molecule has 2 heterocycles. The first kappa shape index (κ1) is 16.8. The number of halogens is 1. The standard InChI is InChI=1S/C23H15BrN4/c24-19-13-11-18(12-14-19)23-27-26-22(17-6-2-1-3-7-17)28(23)20-10-4-8-16-9-5-15-25-21(16)20/h1-15H. The number of rotatable bonds is 3. The molecule has 0 atom stereocenters. The van der Waals surface area contributed by atoms with Crippen LogP contribution < -0.4 is 0 Å². The van der Waals surface area contributed by atoms with Crippen molar-refractivity contribution in [2.75, 3.05) is 0 Å². The van der Waals surface area contributed by atoms with Gasteiger partial charge in [-0.25, -0.2) is 0 Å². The van der Waals surface area contributed by atoms with E-state index in [1.165, 1.54) is 0 Å². The normalized spacial score (nSPS) is 11.0. The number of pyridine rings is 1. The van der Waals surface area contributed by atoms with Crippen LogP contribution in [0.1, 0.15) is 0 Å². The van der Waals surface area contributed by atoms with E-state index in [0.29, 0.717) is 0 Å². The molecule has 2 aromatic heterocycles. The van der Waals surface area contributed by atoms with E-state index in [-0.39, 0.29) is 0 Å². The van der Waals surface area contributed by atoms with Crippen molar-refractivity contribution in [1.29, 1.82) is 0 Å². The maximum Gasteiger partial charge on any atom is 0.168 e. The zero-order valence-corrected chi connectivity index (χ0v) is 16.4. The van der Waals surface area contributed by atoms with Crippen molar-refractivity contribution in [1.82, 2.24) is 19.7 Å². The number of nitrogens with zero attached hydrogens (tertiary/aromatic N) is 4. The second-order valence-corrected chi connectivity index (χ2v) is 7.32. The Hall–Kier alpha value is -3.31. The van der Waals surface area contributed by atoms with Crippen LogP contribution in [-0.4, -0.2) is 19.7 Å². The highest BCUT2D eigenvalue weighted by molar-refractivity contribution is 9.10. The van der Waals surface area contributed by atoms with E-state index in [9.17, 15) is 0 Å². The van der Waals surface area contributed by atoms with Gasteiger partial charge in [0.25, 0.3) is 0 Å². The van der Waals surface area contributed by atoms with Gasteiger partial charge in [-0.3, -0.25) is 9.55 Å². The molecule has 0 aliphatic carbocycles. The summed E-state index contributed by atoms with van der Waals surface area (Å²) >= 11 is 3.50. The van der Waals surface area contributed by atoms with Gasteiger partial charge >= 0.3 is 0 Å². The van der Waals surface area contributed by atoms with Gasteiger partial charge in [-0.05, 0) is 24.3 Å². The second kappa shape index (κ2) is 7.02. The summed E-state index contributed by atoms with van der Waals surface area (Å²) in [6.45, 7) is 0. The molecule has 0 bridgehead atoms. The summed E-state index contributed by atoms with van der Waals surface area (Å²) < 4.78 is 3.12. The fraction of sp³-hybridized carbons (Fsp3) is 0. The van der Waals surface area contributed by atoms with Crippen molar-refractivity contribution in [3.8, 4) is 28.5 Å². The first-order valence-electron chi connectivity index (χ1n) is 8.92. The maximum absolute atomic E-state index is 4.64. The molecule has 0 aliphatic rings. The number of hydrogen-bond acceptors (Lipinski definition) is 3. The molecule has 3 aromatic carbocycles. The quantitative estimate of drug-likeness (QED) is 0.360. The van der Waals surface area contributed by atoms with Gasteiger partial charge in [-0.2, -0.15) is 0 Å². The predicted molar refractivity (Wildman–Crippen MR) is 115 cm³/mol. The van der Waals surface area contributed by atoms with Crippen molar-refractivity contribution in [3.05, 3.63) is 95.6 Å². The summed E-state index contributed by atoms with van der Waals surface area (Å²) in [5, 5.41) is 10.2. The van der Waals surface area contributed by atoms with Crippen molar-refractivity contribution in [2.45, 2.75) is 0 Å². The van der Waals surface area contributed by atoms with Crippen molar-refractivity contribution in [2.24, 2.45) is 0 Å².